The summed E-state index contributed by atoms with van der Waals surface area (Å²) in [5.41, 5.74) is 5.08. The van der Waals surface area contributed by atoms with E-state index in [0.29, 0.717) is 0 Å². The first-order valence-corrected chi connectivity index (χ1v) is 7.89. The first kappa shape index (κ1) is 13.9. The predicted octanol–water partition coefficient (Wildman–Crippen LogP) is 3.44. The Kier molecular flexibility index (Phi) is 3.33. The number of hydrogen-bond acceptors (Lipinski definition) is 4. The summed E-state index contributed by atoms with van der Waals surface area (Å²) in [7, 11) is 0. The van der Waals surface area contributed by atoms with Crippen molar-refractivity contribution in [3.63, 3.8) is 0 Å². The van der Waals surface area contributed by atoms with Crippen LogP contribution in [-0.4, -0.2) is 20.2 Å². The lowest BCUT2D eigenvalue weighted by Crippen LogP contribution is -2.28. The second-order valence-electron chi connectivity index (χ2n) is 6.16. The number of anilines is 1. The number of tetrazole rings is 1. The van der Waals surface area contributed by atoms with Crippen molar-refractivity contribution >= 4 is 5.95 Å². The van der Waals surface area contributed by atoms with Gasteiger partial charge in [0, 0.05) is 0 Å². The maximum absolute atomic E-state index is 4.19. The minimum absolute atomic E-state index is 0.147. The number of nitrogens with zero attached hydrogens (tertiary/aromatic N) is 4. The van der Waals surface area contributed by atoms with Gasteiger partial charge in [-0.3, -0.25) is 0 Å². The fourth-order valence-corrected chi connectivity index (χ4v) is 3.27. The molecule has 0 unspecified atom stereocenters. The van der Waals surface area contributed by atoms with Crippen molar-refractivity contribution in [2.75, 3.05) is 5.32 Å². The van der Waals surface area contributed by atoms with Gasteiger partial charge in [0.05, 0.1) is 12.1 Å². The normalized spacial score (nSPS) is 19.9. The summed E-state index contributed by atoms with van der Waals surface area (Å²) >= 11 is 0. The Balaban J connectivity index is 1.75. The summed E-state index contributed by atoms with van der Waals surface area (Å²) in [4.78, 5) is 0. The third-order valence-electron chi connectivity index (χ3n) is 4.58. The number of benzene rings is 2. The summed E-state index contributed by atoms with van der Waals surface area (Å²) in [6.45, 7) is 4.25. The fourth-order valence-electron chi connectivity index (χ4n) is 3.27. The van der Waals surface area contributed by atoms with Gasteiger partial charge in [0.25, 0.3) is 0 Å². The molecule has 3 aromatic rings. The molecule has 1 aliphatic rings. The number of nitrogens with one attached hydrogen (secondary N) is 1. The van der Waals surface area contributed by atoms with Crippen LogP contribution in [0.15, 0.2) is 48.5 Å². The van der Waals surface area contributed by atoms with Crippen LogP contribution < -0.4 is 5.32 Å². The van der Waals surface area contributed by atoms with Gasteiger partial charge in [-0.15, -0.1) is 0 Å². The number of hydrogen-bond donors (Lipinski definition) is 1. The first-order valence-electron chi connectivity index (χ1n) is 7.89. The van der Waals surface area contributed by atoms with Crippen LogP contribution in [0, 0.1) is 13.8 Å². The highest BCUT2D eigenvalue weighted by Crippen LogP contribution is 2.37. The van der Waals surface area contributed by atoms with Crippen LogP contribution >= 0.6 is 0 Å². The summed E-state index contributed by atoms with van der Waals surface area (Å²) in [6, 6.07) is 17.5. The molecule has 0 saturated carbocycles. The van der Waals surface area contributed by atoms with Crippen molar-refractivity contribution in [2.24, 2.45) is 0 Å². The molecule has 5 nitrogen and oxygen atoms in total. The minimum Gasteiger partial charge on any atom is -0.346 e. The zero-order valence-electron chi connectivity index (χ0n) is 13.3. The molecule has 4 rings (SSSR count). The molecule has 5 heteroatoms. The van der Waals surface area contributed by atoms with E-state index in [4.69, 9.17) is 0 Å². The molecule has 2 atom stereocenters. The second-order valence-corrected chi connectivity index (χ2v) is 6.16. The van der Waals surface area contributed by atoms with Crippen molar-refractivity contribution in [2.45, 2.75) is 32.4 Å². The van der Waals surface area contributed by atoms with Gasteiger partial charge in [0.2, 0.25) is 5.95 Å². The highest BCUT2D eigenvalue weighted by atomic mass is 15.6. The van der Waals surface area contributed by atoms with Crippen LogP contribution in [0.3, 0.4) is 0 Å². The highest BCUT2D eigenvalue weighted by molar-refractivity contribution is 5.39. The minimum atomic E-state index is 0.147. The highest BCUT2D eigenvalue weighted by Gasteiger charge is 2.31. The van der Waals surface area contributed by atoms with E-state index in [2.05, 4.69) is 83.2 Å². The van der Waals surface area contributed by atoms with Crippen molar-refractivity contribution < 1.29 is 0 Å². The van der Waals surface area contributed by atoms with Crippen molar-refractivity contribution in [1.29, 1.82) is 0 Å². The van der Waals surface area contributed by atoms with E-state index in [0.717, 1.165) is 12.4 Å². The van der Waals surface area contributed by atoms with Crippen molar-refractivity contribution in [1.82, 2.24) is 20.2 Å². The van der Waals surface area contributed by atoms with Gasteiger partial charge < -0.3 is 5.32 Å². The van der Waals surface area contributed by atoms with Crippen molar-refractivity contribution in [3.05, 3.63) is 70.8 Å². The third-order valence-corrected chi connectivity index (χ3v) is 4.58. The third kappa shape index (κ3) is 2.48. The summed E-state index contributed by atoms with van der Waals surface area (Å²) in [6.07, 6.45) is 0.923. The SMILES string of the molecule is Cc1ccc([C@@H]2C[C@@H](c3ccccc3C)n3nnnc3N2)cc1. The van der Waals surface area contributed by atoms with Gasteiger partial charge in [-0.1, -0.05) is 59.2 Å². The maximum Gasteiger partial charge on any atom is 0.243 e. The molecule has 0 fully saturated rings. The monoisotopic (exact) mass is 305 g/mol. The lowest BCUT2D eigenvalue weighted by atomic mass is 9.91. The number of aryl methyl sites for hydroxylation is 2. The average molecular weight is 305 g/mol. The molecule has 23 heavy (non-hydrogen) atoms. The molecule has 0 amide bonds. The zero-order chi connectivity index (χ0) is 15.8. The Hall–Kier alpha value is -2.69. The van der Waals surface area contributed by atoms with E-state index in [1.807, 2.05) is 4.68 Å². The quantitative estimate of drug-likeness (QED) is 0.788. The van der Waals surface area contributed by atoms with Gasteiger partial charge in [0.15, 0.2) is 0 Å². The van der Waals surface area contributed by atoms with Crippen LogP contribution in [0.1, 0.15) is 40.8 Å². The summed E-state index contributed by atoms with van der Waals surface area (Å²) in [5.74, 6) is 0.732. The Labute approximate surface area is 135 Å². The molecule has 1 N–H and O–H groups in total. The number of rotatable bonds is 2. The van der Waals surface area contributed by atoms with Crippen LogP contribution in [0.5, 0.6) is 0 Å². The molecule has 2 heterocycles. The summed E-state index contributed by atoms with van der Waals surface area (Å²) in [5, 5.41) is 15.6. The topological polar surface area (TPSA) is 55.6 Å². The Morgan fingerprint density at radius 1 is 1.04 bits per heavy atom. The van der Waals surface area contributed by atoms with Crippen LogP contribution in [0.25, 0.3) is 0 Å². The molecule has 0 bridgehead atoms. The van der Waals surface area contributed by atoms with Crippen LogP contribution in [0.2, 0.25) is 0 Å². The van der Waals surface area contributed by atoms with E-state index in [-0.39, 0.29) is 12.1 Å². The Morgan fingerprint density at radius 3 is 2.61 bits per heavy atom. The standard InChI is InChI=1S/C18H19N5/c1-12-7-9-14(10-8-12)16-11-17(15-6-4-3-5-13(15)2)23-18(19-16)20-21-22-23/h3-10,16-17H,11H2,1-2H3,(H,19,20,22)/t16-,17-/m0/s1. The van der Waals surface area contributed by atoms with E-state index in [1.54, 1.807) is 0 Å². The molecule has 0 saturated heterocycles. The molecular weight excluding hydrogens is 286 g/mol. The first-order chi connectivity index (χ1) is 11.2. The number of fused-ring (bicyclic) bond motifs is 1. The van der Waals surface area contributed by atoms with E-state index in [1.165, 1.54) is 22.3 Å². The van der Waals surface area contributed by atoms with Crippen LogP contribution in [-0.2, 0) is 0 Å². The molecule has 2 aromatic carbocycles. The van der Waals surface area contributed by atoms with Gasteiger partial charge in [-0.05, 0) is 47.4 Å². The lowest BCUT2D eigenvalue weighted by Gasteiger charge is -2.31. The van der Waals surface area contributed by atoms with Crippen molar-refractivity contribution in [3.8, 4) is 0 Å². The number of aromatic nitrogens is 4. The van der Waals surface area contributed by atoms with Gasteiger partial charge in [-0.2, -0.15) is 0 Å². The molecule has 0 radical (unpaired) electrons. The molecule has 0 spiro atoms. The molecule has 116 valence electrons. The molecular formula is C18H19N5. The van der Waals surface area contributed by atoms with E-state index in [9.17, 15) is 0 Å². The van der Waals surface area contributed by atoms with E-state index < -0.39 is 0 Å². The molecule has 1 aromatic heterocycles. The Morgan fingerprint density at radius 2 is 1.83 bits per heavy atom. The summed E-state index contributed by atoms with van der Waals surface area (Å²) < 4.78 is 1.90. The van der Waals surface area contributed by atoms with Gasteiger partial charge >= 0.3 is 0 Å². The zero-order valence-corrected chi connectivity index (χ0v) is 13.3. The molecule has 0 aliphatic carbocycles. The van der Waals surface area contributed by atoms with Gasteiger partial charge in [0.1, 0.15) is 0 Å². The smallest absolute Gasteiger partial charge is 0.243 e. The second kappa shape index (κ2) is 5.50. The fraction of sp³-hybridized carbons (Fsp3) is 0.278. The lowest BCUT2D eigenvalue weighted by molar-refractivity contribution is 0.422. The van der Waals surface area contributed by atoms with Gasteiger partial charge in [-0.25, -0.2) is 4.68 Å². The Bertz CT molecular complexity index is 821. The van der Waals surface area contributed by atoms with E-state index >= 15 is 0 Å². The average Bonchev–Trinajstić information content (AvgIpc) is 3.04. The predicted molar refractivity (Wildman–Crippen MR) is 89.3 cm³/mol. The largest absolute Gasteiger partial charge is 0.346 e. The maximum atomic E-state index is 4.19. The molecule has 1 aliphatic heterocycles. The van der Waals surface area contributed by atoms with Crippen LogP contribution in [0.4, 0.5) is 5.95 Å².